The molecule has 0 fully saturated rings. The molecule has 2 N–H and O–H groups in total. The van der Waals surface area contributed by atoms with Crippen molar-refractivity contribution in [3.8, 4) is 0 Å². The Labute approximate surface area is 144 Å². The second-order valence-corrected chi connectivity index (χ2v) is 7.67. The van der Waals surface area contributed by atoms with Gasteiger partial charge in [0.15, 0.2) is 10.9 Å². The Kier molecular flexibility index (Phi) is 3.77. The van der Waals surface area contributed by atoms with Crippen LogP contribution >= 0.6 is 11.3 Å². The van der Waals surface area contributed by atoms with E-state index < -0.39 is 0 Å². The van der Waals surface area contributed by atoms with E-state index in [9.17, 15) is 9.59 Å². The maximum absolute atomic E-state index is 12.6. The molecule has 1 aliphatic heterocycles. The van der Waals surface area contributed by atoms with Crippen molar-refractivity contribution < 1.29 is 9.59 Å². The fourth-order valence-electron chi connectivity index (χ4n) is 3.54. The molecule has 1 amide bonds. The van der Waals surface area contributed by atoms with Crippen LogP contribution < -0.4 is 5.32 Å². The molecule has 0 bridgehead atoms. The van der Waals surface area contributed by atoms with Crippen molar-refractivity contribution in [2.75, 3.05) is 18.9 Å². The van der Waals surface area contributed by atoms with E-state index in [1.807, 2.05) is 6.92 Å². The first-order chi connectivity index (χ1) is 11.5. The third-order valence-electron chi connectivity index (χ3n) is 4.81. The van der Waals surface area contributed by atoms with Gasteiger partial charge in [0.05, 0.1) is 5.69 Å². The van der Waals surface area contributed by atoms with Gasteiger partial charge in [0, 0.05) is 42.1 Å². The largest absolute Gasteiger partial charge is 0.354 e. The van der Waals surface area contributed by atoms with Gasteiger partial charge >= 0.3 is 0 Å². The van der Waals surface area contributed by atoms with Crippen LogP contribution in [0.5, 0.6) is 0 Å². The van der Waals surface area contributed by atoms with Gasteiger partial charge in [-0.1, -0.05) is 0 Å². The Morgan fingerprint density at radius 3 is 2.96 bits per heavy atom. The number of nitrogens with one attached hydrogen (secondary N) is 2. The molecular formula is C17H20N4O2S. The molecule has 3 heterocycles. The third-order valence-corrected chi connectivity index (χ3v) is 5.80. The number of likely N-dealkylation sites (N-methyl/N-ethyl adjacent to an activating group) is 1. The van der Waals surface area contributed by atoms with Crippen LogP contribution in [0.2, 0.25) is 0 Å². The van der Waals surface area contributed by atoms with Crippen molar-refractivity contribution in [3.63, 3.8) is 0 Å². The molecule has 0 atom stereocenters. The van der Waals surface area contributed by atoms with Crippen molar-refractivity contribution in [3.05, 3.63) is 33.1 Å². The van der Waals surface area contributed by atoms with Crippen LogP contribution in [-0.4, -0.2) is 40.2 Å². The fourth-order valence-corrected chi connectivity index (χ4v) is 4.62. The SMILES string of the molecule is Cc1c(C(=O)Nc2nc3c(s2)CN(C)CC3)[nH]c2c1C(=O)CCC2. The molecule has 7 heteroatoms. The van der Waals surface area contributed by atoms with E-state index >= 15 is 0 Å². The number of Topliss-reactive ketones (excluding diaryl/α,β-unsaturated/α-hetero) is 1. The third kappa shape index (κ3) is 2.57. The zero-order chi connectivity index (χ0) is 16.8. The van der Waals surface area contributed by atoms with Crippen molar-refractivity contribution in [1.82, 2.24) is 14.9 Å². The first-order valence-electron chi connectivity index (χ1n) is 8.26. The second-order valence-electron chi connectivity index (χ2n) is 6.59. The highest BCUT2D eigenvalue weighted by atomic mass is 32.1. The van der Waals surface area contributed by atoms with E-state index in [0.29, 0.717) is 22.8 Å². The molecule has 2 aromatic heterocycles. The minimum Gasteiger partial charge on any atom is -0.354 e. The van der Waals surface area contributed by atoms with E-state index in [0.717, 1.165) is 49.3 Å². The smallest absolute Gasteiger partial charge is 0.274 e. The number of hydrogen-bond donors (Lipinski definition) is 2. The average Bonchev–Trinajstić information content (AvgIpc) is 3.08. The molecule has 0 radical (unpaired) electrons. The molecule has 1 aliphatic carbocycles. The van der Waals surface area contributed by atoms with Crippen LogP contribution in [0.3, 0.4) is 0 Å². The molecule has 126 valence electrons. The average molecular weight is 344 g/mol. The van der Waals surface area contributed by atoms with Crippen LogP contribution in [0.4, 0.5) is 5.13 Å². The van der Waals surface area contributed by atoms with Crippen molar-refractivity contribution in [2.45, 2.75) is 39.2 Å². The number of aromatic nitrogens is 2. The number of aromatic amines is 1. The van der Waals surface area contributed by atoms with Gasteiger partial charge in [-0.15, -0.1) is 11.3 Å². The zero-order valence-corrected chi connectivity index (χ0v) is 14.7. The van der Waals surface area contributed by atoms with E-state index in [-0.39, 0.29) is 11.7 Å². The van der Waals surface area contributed by atoms with Crippen LogP contribution in [-0.2, 0) is 19.4 Å². The van der Waals surface area contributed by atoms with Gasteiger partial charge in [-0.05, 0) is 32.4 Å². The predicted octanol–water partition coefficient (Wildman–Crippen LogP) is 2.54. The maximum Gasteiger partial charge on any atom is 0.274 e. The van der Waals surface area contributed by atoms with Crippen molar-refractivity contribution in [1.29, 1.82) is 0 Å². The lowest BCUT2D eigenvalue weighted by Crippen LogP contribution is -2.25. The van der Waals surface area contributed by atoms with Gasteiger partial charge in [0.25, 0.3) is 5.91 Å². The van der Waals surface area contributed by atoms with Gasteiger partial charge in [0.2, 0.25) is 0 Å². The molecule has 24 heavy (non-hydrogen) atoms. The lowest BCUT2D eigenvalue weighted by atomic mass is 9.94. The molecule has 2 aliphatic rings. The topological polar surface area (TPSA) is 78.1 Å². The number of H-pyrrole nitrogens is 1. The number of fused-ring (bicyclic) bond motifs is 2. The quantitative estimate of drug-likeness (QED) is 0.877. The van der Waals surface area contributed by atoms with Gasteiger partial charge in [0.1, 0.15) is 5.69 Å². The normalized spacial score (nSPS) is 17.5. The first kappa shape index (κ1) is 15.5. The number of amides is 1. The summed E-state index contributed by atoms with van der Waals surface area (Å²) in [5, 5.41) is 3.54. The summed E-state index contributed by atoms with van der Waals surface area (Å²) in [6, 6.07) is 0. The van der Waals surface area contributed by atoms with E-state index in [1.165, 1.54) is 16.2 Å². The summed E-state index contributed by atoms with van der Waals surface area (Å²) >= 11 is 1.54. The monoisotopic (exact) mass is 344 g/mol. The Bertz CT molecular complexity index is 836. The number of aryl methyl sites for hydroxylation is 1. The molecule has 0 saturated heterocycles. The van der Waals surface area contributed by atoms with E-state index in [4.69, 9.17) is 0 Å². The molecule has 4 rings (SSSR count). The molecular weight excluding hydrogens is 324 g/mol. The minimum absolute atomic E-state index is 0.136. The van der Waals surface area contributed by atoms with Crippen LogP contribution in [0.15, 0.2) is 0 Å². The lowest BCUT2D eigenvalue weighted by molar-refractivity contribution is 0.0971. The first-order valence-corrected chi connectivity index (χ1v) is 9.07. The van der Waals surface area contributed by atoms with Crippen LogP contribution in [0.25, 0.3) is 0 Å². The highest BCUT2D eigenvalue weighted by molar-refractivity contribution is 7.15. The van der Waals surface area contributed by atoms with Gasteiger partial charge in [-0.2, -0.15) is 0 Å². The van der Waals surface area contributed by atoms with Gasteiger partial charge in [-0.3, -0.25) is 14.9 Å². The number of ketones is 1. The zero-order valence-electron chi connectivity index (χ0n) is 13.9. The lowest BCUT2D eigenvalue weighted by Gasteiger charge is -2.20. The molecule has 0 spiro atoms. The summed E-state index contributed by atoms with van der Waals surface area (Å²) in [5.41, 5.74) is 3.94. The molecule has 2 aromatic rings. The van der Waals surface area contributed by atoms with Crippen molar-refractivity contribution >= 4 is 28.2 Å². The number of thiazole rings is 1. The Morgan fingerprint density at radius 1 is 1.33 bits per heavy atom. The number of rotatable bonds is 2. The Morgan fingerprint density at radius 2 is 2.17 bits per heavy atom. The number of hydrogen-bond acceptors (Lipinski definition) is 5. The van der Waals surface area contributed by atoms with Gasteiger partial charge in [-0.25, -0.2) is 4.98 Å². The fraction of sp³-hybridized carbons (Fsp3) is 0.471. The minimum atomic E-state index is -0.214. The van der Waals surface area contributed by atoms with Crippen LogP contribution in [0, 0.1) is 6.92 Å². The van der Waals surface area contributed by atoms with Gasteiger partial charge < -0.3 is 9.88 Å². The number of anilines is 1. The summed E-state index contributed by atoms with van der Waals surface area (Å²) < 4.78 is 0. The highest BCUT2D eigenvalue weighted by Crippen LogP contribution is 2.30. The summed E-state index contributed by atoms with van der Waals surface area (Å²) in [4.78, 5) is 35.9. The molecule has 0 unspecified atom stereocenters. The summed E-state index contributed by atoms with van der Waals surface area (Å²) in [5.74, 6) is -0.0778. The summed E-state index contributed by atoms with van der Waals surface area (Å²) in [6.07, 6.45) is 3.16. The number of carbonyl (C=O) groups is 2. The number of carbonyl (C=O) groups excluding carboxylic acids is 2. The summed E-state index contributed by atoms with van der Waals surface area (Å²) in [7, 11) is 2.09. The Balaban J connectivity index is 1.58. The number of nitrogens with zero attached hydrogens (tertiary/aromatic N) is 2. The molecule has 0 aromatic carbocycles. The maximum atomic E-state index is 12.6. The van der Waals surface area contributed by atoms with Crippen molar-refractivity contribution in [2.24, 2.45) is 0 Å². The summed E-state index contributed by atoms with van der Waals surface area (Å²) in [6.45, 7) is 3.72. The van der Waals surface area contributed by atoms with Crippen LogP contribution in [0.1, 0.15) is 55.5 Å². The Hall–Kier alpha value is -1.99. The molecule has 0 saturated carbocycles. The highest BCUT2D eigenvalue weighted by Gasteiger charge is 2.27. The second kappa shape index (κ2) is 5.82. The van der Waals surface area contributed by atoms with E-state index in [1.54, 1.807) is 0 Å². The predicted molar refractivity (Wildman–Crippen MR) is 92.9 cm³/mol. The standard InChI is InChI=1S/C17H20N4O2S/c1-9-14-11(4-3-5-12(14)22)18-15(9)16(23)20-17-19-10-6-7-21(2)8-13(10)24-17/h18H,3-8H2,1-2H3,(H,19,20,23). The molecule has 6 nitrogen and oxygen atoms in total. The van der Waals surface area contributed by atoms with E-state index in [2.05, 4.69) is 27.2 Å².